The summed E-state index contributed by atoms with van der Waals surface area (Å²) in [5.74, 6) is 3.60. The van der Waals surface area contributed by atoms with Crippen LogP contribution in [-0.2, 0) is 9.84 Å². The van der Waals surface area contributed by atoms with Gasteiger partial charge in [0.2, 0.25) is 0 Å². The number of hydrogen-bond donors (Lipinski definition) is 2. The number of hydrogen-bond acceptors (Lipinski definition) is 6. The maximum Gasteiger partial charge on any atom is 0.175 e. The van der Waals surface area contributed by atoms with Gasteiger partial charge in [0.25, 0.3) is 0 Å². The molecule has 1 fully saturated rings. The van der Waals surface area contributed by atoms with Crippen LogP contribution in [0.4, 0.5) is 0 Å². The third-order valence-electron chi connectivity index (χ3n) is 3.29. The SMILES string of the molecule is CS(=O)(=O)c1ccc(C(O)CNCC2CSCCS2)cc1. The maximum absolute atomic E-state index is 11.4. The first kappa shape index (κ1) is 17.1. The molecule has 0 spiro atoms. The number of benzene rings is 1. The van der Waals surface area contributed by atoms with E-state index in [1.54, 1.807) is 24.3 Å². The highest BCUT2D eigenvalue weighted by atomic mass is 32.2. The molecule has 0 aromatic heterocycles. The molecular formula is C14H21NO3S3. The van der Waals surface area contributed by atoms with Crippen molar-refractivity contribution in [2.24, 2.45) is 0 Å². The zero-order chi connectivity index (χ0) is 15.3. The molecule has 0 radical (unpaired) electrons. The molecule has 0 bridgehead atoms. The van der Waals surface area contributed by atoms with E-state index in [9.17, 15) is 13.5 Å². The smallest absolute Gasteiger partial charge is 0.175 e. The van der Waals surface area contributed by atoms with Crippen LogP contribution in [0.3, 0.4) is 0 Å². The molecule has 0 saturated carbocycles. The molecule has 4 nitrogen and oxygen atoms in total. The van der Waals surface area contributed by atoms with Gasteiger partial charge >= 0.3 is 0 Å². The fraction of sp³-hybridized carbons (Fsp3) is 0.571. The van der Waals surface area contributed by atoms with Gasteiger partial charge in [-0.3, -0.25) is 0 Å². The van der Waals surface area contributed by atoms with Gasteiger partial charge in [-0.1, -0.05) is 12.1 Å². The average Bonchev–Trinajstić information content (AvgIpc) is 2.47. The molecule has 0 amide bonds. The number of sulfone groups is 1. The zero-order valence-electron chi connectivity index (χ0n) is 12.0. The van der Waals surface area contributed by atoms with Gasteiger partial charge in [0.05, 0.1) is 11.0 Å². The van der Waals surface area contributed by atoms with Gasteiger partial charge in [-0.25, -0.2) is 8.42 Å². The summed E-state index contributed by atoms with van der Waals surface area (Å²) in [6.07, 6.45) is 0.569. The molecule has 2 atom stereocenters. The molecule has 1 heterocycles. The van der Waals surface area contributed by atoms with Crippen LogP contribution in [0.25, 0.3) is 0 Å². The molecule has 2 N–H and O–H groups in total. The standard InChI is InChI=1S/C14H21NO3S3/c1-21(17,18)13-4-2-11(3-5-13)14(16)9-15-8-12-10-19-6-7-20-12/h2-5,12,14-16H,6-10H2,1H3. The van der Waals surface area contributed by atoms with E-state index in [2.05, 4.69) is 5.32 Å². The van der Waals surface area contributed by atoms with E-state index in [1.165, 1.54) is 17.8 Å². The van der Waals surface area contributed by atoms with Gasteiger partial charge < -0.3 is 10.4 Å². The second-order valence-corrected chi connectivity index (χ2v) is 9.66. The number of thioether (sulfide) groups is 2. The lowest BCUT2D eigenvalue weighted by Crippen LogP contribution is -2.31. The van der Waals surface area contributed by atoms with E-state index in [-0.39, 0.29) is 4.90 Å². The van der Waals surface area contributed by atoms with Crippen LogP contribution in [0.2, 0.25) is 0 Å². The van der Waals surface area contributed by atoms with Gasteiger partial charge in [-0.05, 0) is 17.7 Å². The number of rotatable bonds is 6. The Labute approximate surface area is 135 Å². The lowest BCUT2D eigenvalue weighted by molar-refractivity contribution is 0.175. The molecule has 1 saturated heterocycles. The first-order valence-corrected chi connectivity index (χ1v) is 10.9. The summed E-state index contributed by atoms with van der Waals surface area (Å²) in [6.45, 7) is 1.39. The van der Waals surface area contributed by atoms with Gasteiger partial charge in [-0.15, -0.1) is 0 Å². The minimum Gasteiger partial charge on any atom is -0.387 e. The Hall–Kier alpha value is -0.210. The Morgan fingerprint density at radius 3 is 2.62 bits per heavy atom. The van der Waals surface area contributed by atoms with Crippen molar-refractivity contribution in [3.05, 3.63) is 29.8 Å². The highest BCUT2D eigenvalue weighted by molar-refractivity contribution is 8.06. The summed E-state index contributed by atoms with van der Waals surface area (Å²) in [5.41, 5.74) is 0.737. The van der Waals surface area contributed by atoms with Crippen LogP contribution >= 0.6 is 23.5 Å². The summed E-state index contributed by atoms with van der Waals surface area (Å²) in [6, 6.07) is 6.44. The fourth-order valence-corrected chi connectivity index (χ4v) is 5.37. The van der Waals surface area contributed by atoms with Crippen LogP contribution in [0.15, 0.2) is 29.2 Å². The lowest BCUT2D eigenvalue weighted by Gasteiger charge is -2.22. The monoisotopic (exact) mass is 347 g/mol. The highest BCUT2D eigenvalue weighted by Gasteiger charge is 2.15. The summed E-state index contributed by atoms with van der Waals surface area (Å²) in [7, 11) is -3.18. The predicted molar refractivity (Wildman–Crippen MR) is 91.0 cm³/mol. The Kier molecular flexibility index (Phi) is 6.43. The van der Waals surface area contributed by atoms with Gasteiger partial charge in [0.15, 0.2) is 9.84 Å². The van der Waals surface area contributed by atoms with E-state index < -0.39 is 15.9 Å². The molecule has 0 aliphatic carbocycles. The van der Waals surface area contributed by atoms with Crippen molar-refractivity contribution in [1.29, 1.82) is 0 Å². The van der Waals surface area contributed by atoms with Crippen LogP contribution < -0.4 is 5.32 Å². The van der Waals surface area contributed by atoms with Crippen LogP contribution in [0.5, 0.6) is 0 Å². The zero-order valence-corrected chi connectivity index (χ0v) is 14.4. The highest BCUT2D eigenvalue weighted by Crippen LogP contribution is 2.23. The largest absolute Gasteiger partial charge is 0.387 e. The lowest BCUT2D eigenvalue weighted by atomic mass is 10.1. The average molecular weight is 348 g/mol. The second kappa shape index (κ2) is 7.87. The Bertz CT molecular complexity index is 539. The van der Waals surface area contributed by atoms with Crippen molar-refractivity contribution in [3.8, 4) is 0 Å². The number of aliphatic hydroxyl groups excluding tert-OH is 1. The van der Waals surface area contributed by atoms with Crippen molar-refractivity contribution in [1.82, 2.24) is 5.32 Å². The first-order valence-electron chi connectivity index (χ1n) is 6.85. The summed E-state index contributed by atoms with van der Waals surface area (Å²) in [5, 5.41) is 14.0. The molecule has 21 heavy (non-hydrogen) atoms. The van der Waals surface area contributed by atoms with Crippen molar-refractivity contribution in [2.75, 3.05) is 36.6 Å². The number of aliphatic hydroxyl groups is 1. The molecule has 1 aliphatic rings. The molecule has 7 heteroatoms. The van der Waals surface area contributed by atoms with E-state index >= 15 is 0 Å². The first-order chi connectivity index (χ1) is 9.97. The van der Waals surface area contributed by atoms with Gasteiger partial charge in [0, 0.05) is 41.9 Å². The minimum absolute atomic E-state index is 0.280. The van der Waals surface area contributed by atoms with E-state index in [1.807, 2.05) is 23.5 Å². The number of nitrogens with one attached hydrogen (secondary N) is 1. The van der Waals surface area contributed by atoms with Gasteiger partial charge in [-0.2, -0.15) is 23.5 Å². The van der Waals surface area contributed by atoms with Crippen molar-refractivity contribution < 1.29 is 13.5 Å². The Balaban J connectivity index is 1.81. The summed E-state index contributed by atoms with van der Waals surface area (Å²) >= 11 is 3.97. The maximum atomic E-state index is 11.4. The minimum atomic E-state index is -3.18. The van der Waals surface area contributed by atoms with E-state index in [0.29, 0.717) is 11.8 Å². The van der Waals surface area contributed by atoms with Crippen molar-refractivity contribution in [2.45, 2.75) is 16.2 Å². The molecule has 1 aliphatic heterocycles. The van der Waals surface area contributed by atoms with E-state index in [0.717, 1.165) is 17.9 Å². The van der Waals surface area contributed by atoms with Gasteiger partial charge in [0.1, 0.15) is 0 Å². The molecular weight excluding hydrogens is 326 g/mol. The second-order valence-electron chi connectivity index (χ2n) is 5.08. The predicted octanol–water partition coefficient (Wildman–Crippen LogP) is 1.56. The topological polar surface area (TPSA) is 66.4 Å². The Morgan fingerprint density at radius 1 is 1.33 bits per heavy atom. The third kappa shape index (κ3) is 5.49. The van der Waals surface area contributed by atoms with Crippen LogP contribution in [0, 0.1) is 0 Å². The third-order valence-corrected chi connectivity index (χ3v) is 7.26. The summed E-state index contributed by atoms with van der Waals surface area (Å²) < 4.78 is 22.8. The Morgan fingerprint density at radius 2 is 2.05 bits per heavy atom. The van der Waals surface area contributed by atoms with E-state index in [4.69, 9.17) is 0 Å². The molecule has 1 aromatic rings. The normalized spacial score (nSPS) is 21.1. The quantitative estimate of drug-likeness (QED) is 0.814. The molecule has 118 valence electrons. The van der Waals surface area contributed by atoms with Crippen molar-refractivity contribution in [3.63, 3.8) is 0 Å². The fourth-order valence-electron chi connectivity index (χ4n) is 2.09. The molecule has 2 rings (SSSR count). The summed E-state index contributed by atoms with van der Waals surface area (Å²) in [4.78, 5) is 0.280. The molecule has 1 aromatic carbocycles. The van der Waals surface area contributed by atoms with Crippen LogP contribution in [0.1, 0.15) is 11.7 Å². The van der Waals surface area contributed by atoms with Crippen LogP contribution in [-0.4, -0.2) is 55.4 Å². The van der Waals surface area contributed by atoms with Crippen molar-refractivity contribution >= 4 is 33.4 Å². The molecule has 2 unspecified atom stereocenters.